The van der Waals surface area contributed by atoms with Gasteiger partial charge in [0.05, 0.1) is 11.7 Å². The van der Waals surface area contributed by atoms with Crippen molar-refractivity contribution in [2.75, 3.05) is 6.61 Å². The molecule has 1 fully saturated rings. The molecule has 3 heteroatoms. The van der Waals surface area contributed by atoms with Crippen LogP contribution in [-0.4, -0.2) is 18.7 Å². The number of ether oxygens (including phenoxy) is 2. The van der Waals surface area contributed by atoms with Crippen molar-refractivity contribution < 1.29 is 14.3 Å². The molecule has 0 aromatic heterocycles. The van der Waals surface area contributed by atoms with E-state index in [9.17, 15) is 4.79 Å². The summed E-state index contributed by atoms with van der Waals surface area (Å²) in [5, 5.41) is 0. The number of carbonyl (C=O) groups is 1. The molecule has 0 amide bonds. The Morgan fingerprint density at radius 2 is 2.20 bits per heavy atom. The molecule has 0 radical (unpaired) electrons. The molecule has 2 heterocycles. The summed E-state index contributed by atoms with van der Waals surface area (Å²) >= 11 is 0. The van der Waals surface area contributed by atoms with Gasteiger partial charge in [0.25, 0.3) is 0 Å². The maximum atomic E-state index is 9.94. The van der Waals surface area contributed by atoms with Gasteiger partial charge in [-0.25, -0.2) is 4.79 Å². The number of hydrogen-bond donors (Lipinski definition) is 0. The smallest absolute Gasteiger partial charge is 0.341 e. The fourth-order valence-electron chi connectivity index (χ4n) is 1.74. The van der Waals surface area contributed by atoms with Crippen molar-refractivity contribution in [3.8, 4) is 0 Å². The number of cyclic esters (lactones) is 1. The average Bonchev–Trinajstić information content (AvgIpc) is 2.28. The molecule has 15 heavy (non-hydrogen) atoms. The molecule has 2 atom stereocenters. The van der Waals surface area contributed by atoms with Gasteiger partial charge in [0, 0.05) is 6.61 Å². The van der Waals surface area contributed by atoms with Crippen LogP contribution >= 0.6 is 0 Å². The van der Waals surface area contributed by atoms with Crippen molar-refractivity contribution in [3.63, 3.8) is 0 Å². The first-order valence-electron chi connectivity index (χ1n) is 5.64. The van der Waals surface area contributed by atoms with Crippen molar-refractivity contribution in [3.05, 3.63) is 11.8 Å². The first kappa shape index (κ1) is 12.2. The number of hydrogen-bond acceptors (Lipinski definition) is 3. The first-order chi connectivity index (χ1) is 7.15. The summed E-state index contributed by atoms with van der Waals surface area (Å²) in [6.45, 7) is 7.19. The third-order valence-electron chi connectivity index (χ3n) is 2.84. The van der Waals surface area contributed by atoms with E-state index < -0.39 is 0 Å². The van der Waals surface area contributed by atoms with E-state index in [4.69, 9.17) is 4.74 Å². The van der Waals surface area contributed by atoms with Gasteiger partial charge in [0.15, 0.2) is 0 Å². The summed E-state index contributed by atoms with van der Waals surface area (Å²) in [5.41, 5.74) is 0.704. The highest BCUT2D eigenvalue weighted by Crippen LogP contribution is 2.21. The van der Waals surface area contributed by atoms with Crippen LogP contribution in [0.25, 0.3) is 0 Å². The maximum absolute atomic E-state index is 9.94. The van der Waals surface area contributed by atoms with E-state index in [0.717, 1.165) is 12.5 Å². The molecular formula is C12H20O3. The maximum Gasteiger partial charge on any atom is 0.341 e. The van der Waals surface area contributed by atoms with Gasteiger partial charge in [-0.15, -0.1) is 0 Å². The van der Waals surface area contributed by atoms with E-state index in [1.807, 2.05) is 0 Å². The molecule has 0 saturated carbocycles. The molecule has 1 saturated heterocycles. The summed E-state index contributed by atoms with van der Waals surface area (Å²) < 4.78 is 9.78. The monoisotopic (exact) mass is 212 g/mol. The standard InChI is InChI=1S/C8H16O.C4H4O2/c1-3-8-7(2)5-4-6-9-8;1-3-2-6-4(3)5/h7-8H,3-6H2,1-2H3;2H,1H3. The lowest BCUT2D eigenvalue weighted by Crippen LogP contribution is -2.26. The summed E-state index contributed by atoms with van der Waals surface area (Å²) in [4.78, 5) is 9.94. The van der Waals surface area contributed by atoms with Crippen molar-refractivity contribution >= 4 is 5.97 Å². The van der Waals surface area contributed by atoms with Crippen molar-refractivity contribution in [1.29, 1.82) is 0 Å². The zero-order chi connectivity index (χ0) is 11.3. The summed E-state index contributed by atoms with van der Waals surface area (Å²) in [6.07, 6.45) is 5.79. The first-order valence-corrected chi connectivity index (χ1v) is 5.64. The number of esters is 1. The Morgan fingerprint density at radius 3 is 2.47 bits per heavy atom. The topological polar surface area (TPSA) is 35.5 Å². The molecule has 0 N–H and O–H groups in total. The largest absolute Gasteiger partial charge is 0.430 e. The van der Waals surface area contributed by atoms with Crippen LogP contribution in [-0.2, 0) is 14.3 Å². The van der Waals surface area contributed by atoms with Gasteiger partial charge in [-0.1, -0.05) is 13.8 Å². The van der Waals surface area contributed by atoms with E-state index in [-0.39, 0.29) is 5.97 Å². The van der Waals surface area contributed by atoms with Crippen LogP contribution in [0.4, 0.5) is 0 Å². The van der Waals surface area contributed by atoms with Crippen LogP contribution in [0.1, 0.15) is 40.0 Å². The highest BCUT2D eigenvalue weighted by Gasteiger charge is 2.19. The van der Waals surface area contributed by atoms with Gasteiger partial charge >= 0.3 is 5.97 Å². The predicted molar refractivity (Wildman–Crippen MR) is 58.3 cm³/mol. The second-order valence-electron chi connectivity index (χ2n) is 4.14. The van der Waals surface area contributed by atoms with E-state index in [2.05, 4.69) is 18.6 Å². The third-order valence-corrected chi connectivity index (χ3v) is 2.84. The van der Waals surface area contributed by atoms with Gasteiger partial charge < -0.3 is 9.47 Å². The molecule has 0 aliphatic carbocycles. The molecule has 2 aliphatic rings. The molecule has 0 bridgehead atoms. The minimum absolute atomic E-state index is 0.199. The lowest BCUT2D eigenvalue weighted by Gasteiger charge is -2.27. The molecular weight excluding hydrogens is 192 g/mol. The van der Waals surface area contributed by atoms with Gasteiger partial charge in [0.1, 0.15) is 6.26 Å². The van der Waals surface area contributed by atoms with Gasteiger partial charge in [-0.2, -0.15) is 0 Å². The van der Waals surface area contributed by atoms with Crippen LogP contribution < -0.4 is 0 Å². The Morgan fingerprint density at radius 1 is 1.53 bits per heavy atom. The van der Waals surface area contributed by atoms with E-state index in [1.165, 1.54) is 25.5 Å². The Kier molecular flexibility index (Phi) is 4.82. The van der Waals surface area contributed by atoms with E-state index >= 15 is 0 Å². The number of carbonyl (C=O) groups excluding carboxylic acids is 1. The second-order valence-corrected chi connectivity index (χ2v) is 4.14. The van der Waals surface area contributed by atoms with Crippen molar-refractivity contribution in [1.82, 2.24) is 0 Å². The van der Waals surface area contributed by atoms with Crippen molar-refractivity contribution in [2.24, 2.45) is 5.92 Å². The molecule has 2 unspecified atom stereocenters. The fourth-order valence-corrected chi connectivity index (χ4v) is 1.74. The lowest BCUT2D eigenvalue weighted by molar-refractivity contribution is -0.138. The Balaban J connectivity index is 0.000000162. The molecule has 0 aromatic carbocycles. The normalized spacial score (nSPS) is 29.3. The van der Waals surface area contributed by atoms with Crippen LogP contribution in [0, 0.1) is 5.92 Å². The third kappa shape index (κ3) is 3.67. The quantitative estimate of drug-likeness (QED) is 0.627. The van der Waals surface area contributed by atoms with Gasteiger partial charge in [-0.05, 0) is 32.1 Å². The Bertz CT molecular complexity index is 245. The fraction of sp³-hybridized carbons (Fsp3) is 0.750. The van der Waals surface area contributed by atoms with Crippen LogP contribution in [0.5, 0.6) is 0 Å². The minimum atomic E-state index is -0.199. The van der Waals surface area contributed by atoms with Crippen LogP contribution in [0.2, 0.25) is 0 Å². The average molecular weight is 212 g/mol. The molecule has 3 nitrogen and oxygen atoms in total. The molecule has 0 aromatic rings. The lowest BCUT2D eigenvalue weighted by atomic mass is 9.95. The molecule has 2 rings (SSSR count). The van der Waals surface area contributed by atoms with Crippen LogP contribution in [0.15, 0.2) is 11.8 Å². The zero-order valence-corrected chi connectivity index (χ0v) is 9.79. The highest BCUT2D eigenvalue weighted by molar-refractivity contribution is 5.92. The van der Waals surface area contributed by atoms with Gasteiger partial charge in [-0.3, -0.25) is 0 Å². The number of rotatable bonds is 1. The summed E-state index contributed by atoms with van der Waals surface area (Å²) in [5.74, 6) is 0.596. The molecule has 0 spiro atoms. The zero-order valence-electron chi connectivity index (χ0n) is 9.79. The minimum Gasteiger partial charge on any atom is -0.430 e. The highest BCUT2D eigenvalue weighted by atomic mass is 16.5. The SMILES string of the molecule is CC1=COC1=O.CCC1OCCCC1C. The summed E-state index contributed by atoms with van der Waals surface area (Å²) in [7, 11) is 0. The van der Waals surface area contributed by atoms with Crippen molar-refractivity contribution in [2.45, 2.75) is 46.1 Å². The summed E-state index contributed by atoms with van der Waals surface area (Å²) in [6, 6.07) is 0. The van der Waals surface area contributed by atoms with Crippen LogP contribution in [0.3, 0.4) is 0 Å². The van der Waals surface area contributed by atoms with E-state index in [0.29, 0.717) is 11.7 Å². The van der Waals surface area contributed by atoms with Gasteiger partial charge in [0.2, 0.25) is 0 Å². The Hall–Kier alpha value is -0.830. The molecule has 86 valence electrons. The Labute approximate surface area is 91.4 Å². The molecule has 2 aliphatic heterocycles. The predicted octanol–water partition coefficient (Wildman–Crippen LogP) is 2.66. The van der Waals surface area contributed by atoms with E-state index in [1.54, 1.807) is 6.92 Å². The second kappa shape index (κ2) is 5.91.